The molecule has 26 heavy (non-hydrogen) atoms. The number of rotatable bonds is 11. The maximum Gasteiger partial charge on any atom is 0.315 e. The average molecular weight is 383 g/mol. The smallest absolute Gasteiger partial charge is 0.315 e. The van der Waals surface area contributed by atoms with Crippen LogP contribution in [-0.2, 0) is 19.1 Å². The summed E-state index contributed by atoms with van der Waals surface area (Å²) in [4.78, 5) is 23.6. The lowest BCUT2D eigenvalue weighted by Gasteiger charge is -2.21. The molecule has 1 rings (SSSR count). The van der Waals surface area contributed by atoms with E-state index in [9.17, 15) is 14.7 Å². The number of carbonyl (C=O) groups is 2. The van der Waals surface area contributed by atoms with Gasteiger partial charge < -0.3 is 14.6 Å². The molecular weight excluding hydrogens is 352 g/mol. The first-order valence-corrected chi connectivity index (χ1v) is 10.0. The lowest BCUT2D eigenvalue weighted by Crippen LogP contribution is -2.31. The second-order valence-corrected chi connectivity index (χ2v) is 8.03. The third-order valence-corrected chi connectivity index (χ3v) is 5.41. The molecule has 0 spiro atoms. The fraction of sp³-hybridized carbons (Fsp3) is 0.600. The van der Waals surface area contributed by atoms with Gasteiger partial charge in [-0.15, -0.1) is 11.8 Å². The number of hydrogen-bond acceptors (Lipinski definition) is 6. The summed E-state index contributed by atoms with van der Waals surface area (Å²) >= 11 is 1.50. The number of hydrogen-bond donors (Lipinski definition) is 1. The largest absolute Gasteiger partial charge is 0.462 e. The number of aliphatic hydroxyl groups excluding tert-OH is 1. The van der Waals surface area contributed by atoms with E-state index in [2.05, 4.69) is 19.1 Å². The Morgan fingerprint density at radius 1 is 1.15 bits per heavy atom. The predicted molar refractivity (Wildman–Crippen MR) is 104 cm³/mol. The molecule has 6 heteroatoms. The number of aliphatic hydroxyl groups is 1. The molecule has 0 amide bonds. The van der Waals surface area contributed by atoms with Crippen molar-refractivity contribution in [2.45, 2.75) is 46.1 Å². The van der Waals surface area contributed by atoms with Gasteiger partial charge >= 0.3 is 11.9 Å². The molecule has 1 aromatic rings. The average Bonchev–Trinajstić information content (AvgIpc) is 2.64. The van der Waals surface area contributed by atoms with Crippen LogP contribution < -0.4 is 0 Å². The standard InChI is InChI=1S/C20H30O5S/c1-5-20(3,4)19(23)25-12-17(21)11-24-18(22)14-26-13-15(2)16-9-7-6-8-10-16/h6-10,15,17,21H,5,11-14H2,1-4H3. The van der Waals surface area contributed by atoms with E-state index in [0.717, 1.165) is 5.75 Å². The number of esters is 2. The van der Waals surface area contributed by atoms with Crippen molar-refractivity contribution in [3.05, 3.63) is 35.9 Å². The maximum atomic E-state index is 11.8. The van der Waals surface area contributed by atoms with E-state index in [1.807, 2.05) is 25.1 Å². The van der Waals surface area contributed by atoms with Gasteiger partial charge in [-0.05, 0) is 31.7 Å². The molecule has 1 N–H and O–H groups in total. The Bertz CT molecular complexity index is 559. The van der Waals surface area contributed by atoms with Crippen LogP contribution in [0, 0.1) is 5.41 Å². The molecule has 0 aliphatic rings. The van der Waals surface area contributed by atoms with Crippen LogP contribution in [0.25, 0.3) is 0 Å². The Morgan fingerprint density at radius 3 is 2.38 bits per heavy atom. The lowest BCUT2D eigenvalue weighted by atomic mass is 9.91. The van der Waals surface area contributed by atoms with Crippen LogP contribution in [-0.4, -0.2) is 47.9 Å². The van der Waals surface area contributed by atoms with Gasteiger partial charge in [0.1, 0.15) is 19.3 Å². The van der Waals surface area contributed by atoms with E-state index in [1.54, 1.807) is 13.8 Å². The van der Waals surface area contributed by atoms with E-state index < -0.39 is 11.5 Å². The van der Waals surface area contributed by atoms with Gasteiger partial charge in [-0.2, -0.15) is 0 Å². The van der Waals surface area contributed by atoms with Gasteiger partial charge in [0.15, 0.2) is 0 Å². The Morgan fingerprint density at radius 2 is 1.77 bits per heavy atom. The van der Waals surface area contributed by atoms with Crippen LogP contribution in [0.3, 0.4) is 0 Å². The van der Waals surface area contributed by atoms with Crippen molar-refractivity contribution in [3.8, 4) is 0 Å². The minimum atomic E-state index is -1.01. The molecule has 1 aromatic carbocycles. The van der Waals surface area contributed by atoms with E-state index in [-0.39, 0.29) is 30.9 Å². The molecule has 5 nitrogen and oxygen atoms in total. The molecule has 0 aromatic heterocycles. The van der Waals surface area contributed by atoms with Crippen LogP contribution in [0.1, 0.15) is 45.6 Å². The van der Waals surface area contributed by atoms with Crippen molar-refractivity contribution in [1.82, 2.24) is 0 Å². The van der Waals surface area contributed by atoms with Crippen molar-refractivity contribution in [3.63, 3.8) is 0 Å². The predicted octanol–water partition coefficient (Wildman–Crippen LogP) is 3.41. The normalized spacial score (nSPS) is 13.7. The summed E-state index contributed by atoms with van der Waals surface area (Å²) < 4.78 is 10.1. The van der Waals surface area contributed by atoms with Crippen molar-refractivity contribution < 1.29 is 24.2 Å². The summed E-state index contributed by atoms with van der Waals surface area (Å²) in [5.41, 5.74) is 0.656. The molecule has 0 heterocycles. The number of carbonyl (C=O) groups excluding carboxylic acids is 2. The van der Waals surface area contributed by atoms with Gasteiger partial charge in [-0.1, -0.05) is 44.2 Å². The zero-order valence-electron chi connectivity index (χ0n) is 16.1. The zero-order valence-corrected chi connectivity index (χ0v) is 16.9. The van der Waals surface area contributed by atoms with Gasteiger partial charge in [0.2, 0.25) is 0 Å². The summed E-state index contributed by atoms with van der Waals surface area (Å²) in [6, 6.07) is 10.1. The highest BCUT2D eigenvalue weighted by molar-refractivity contribution is 7.99. The van der Waals surface area contributed by atoms with E-state index in [4.69, 9.17) is 9.47 Å². The molecule has 2 atom stereocenters. The Labute approximate surface area is 160 Å². The maximum absolute atomic E-state index is 11.8. The van der Waals surface area contributed by atoms with E-state index in [1.165, 1.54) is 17.3 Å². The number of ether oxygens (including phenoxy) is 2. The first-order chi connectivity index (χ1) is 12.3. The van der Waals surface area contributed by atoms with Gasteiger partial charge in [0.05, 0.1) is 11.2 Å². The van der Waals surface area contributed by atoms with Crippen molar-refractivity contribution >= 4 is 23.7 Å². The molecule has 146 valence electrons. The minimum Gasteiger partial charge on any atom is -0.462 e. The molecule has 0 saturated heterocycles. The summed E-state index contributed by atoms with van der Waals surface area (Å²) in [5.74, 6) is 0.643. The van der Waals surface area contributed by atoms with Crippen LogP contribution in [0.15, 0.2) is 30.3 Å². The van der Waals surface area contributed by atoms with Crippen LogP contribution in [0.5, 0.6) is 0 Å². The monoisotopic (exact) mass is 382 g/mol. The van der Waals surface area contributed by atoms with Crippen molar-refractivity contribution in [1.29, 1.82) is 0 Å². The van der Waals surface area contributed by atoms with Gasteiger partial charge in [-0.25, -0.2) is 0 Å². The third kappa shape index (κ3) is 8.23. The quantitative estimate of drug-likeness (QED) is 0.591. The molecule has 0 fully saturated rings. The van der Waals surface area contributed by atoms with Gasteiger partial charge in [0, 0.05) is 5.75 Å². The SMILES string of the molecule is CCC(C)(C)C(=O)OCC(O)COC(=O)CSCC(C)c1ccccc1. The lowest BCUT2D eigenvalue weighted by molar-refractivity contribution is -0.159. The van der Waals surface area contributed by atoms with Gasteiger partial charge in [-0.3, -0.25) is 9.59 Å². The van der Waals surface area contributed by atoms with Crippen LogP contribution in [0.2, 0.25) is 0 Å². The van der Waals surface area contributed by atoms with E-state index >= 15 is 0 Å². The summed E-state index contributed by atoms with van der Waals surface area (Å²) in [7, 11) is 0. The van der Waals surface area contributed by atoms with E-state index in [0.29, 0.717) is 12.3 Å². The molecule has 2 unspecified atom stereocenters. The van der Waals surface area contributed by atoms with Crippen molar-refractivity contribution in [2.24, 2.45) is 5.41 Å². The second-order valence-electron chi connectivity index (χ2n) is 7.00. The van der Waals surface area contributed by atoms with Gasteiger partial charge in [0.25, 0.3) is 0 Å². The molecule has 0 radical (unpaired) electrons. The van der Waals surface area contributed by atoms with Crippen molar-refractivity contribution in [2.75, 3.05) is 24.7 Å². The zero-order chi connectivity index (χ0) is 19.6. The summed E-state index contributed by atoms with van der Waals surface area (Å²) in [6.07, 6.45) is -0.362. The van der Waals surface area contributed by atoms with Crippen LogP contribution in [0.4, 0.5) is 0 Å². The first-order valence-electron chi connectivity index (χ1n) is 8.90. The molecular formula is C20H30O5S. The number of thioether (sulfide) groups is 1. The highest BCUT2D eigenvalue weighted by Crippen LogP contribution is 2.21. The minimum absolute atomic E-state index is 0.173. The van der Waals surface area contributed by atoms with Crippen LogP contribution >= 0.6 is 11.8 Å². The second kappa shape index (κ2) is 11.2. The fourth-order valence-electron chi connectivity index (χ4n) is 1.99. The number of benzene rings is 1. The fourth-order valence-corrected chi connectivity index (χ4v) is 2.90. The Hall–Kier alpha value is -1.53. The molecule has 0 aliphatic carbocycles. The third-order valence-electron chi connectivity index (χ3n) is 4.24. The first kappa shape index (κ1) is 22.5. The molecule has 0 bridgehead atoms. The topological polar surface area (TPSA) is 72.8 Å². The summed E-state index contributed by atoms with van der Waals surface area (Å²) in [6.45, 7) is 7.24. The molecule has 0 saturated carbocycles. The highest BCUT2D eigenvalue weighted by Gasteiger charge is 2.27. The molecule has 0 aliphatic heterocycles. The Balaban J connectivity index is 2.18. The summed E-state index contributed by atoms with van der Waals surface area (Å²) in [5, 5.41) is 9.79. The highest BCUT2D eigenvalue weighted by atomic mass is 32.2. The Kier molecular flexibility index (Phi) is 9.73.